The third kappa shape index (κ3) is 4.72. The summed E-state index contributed by atoms with van der Waals surface area (Å²) in [5.41, 5.74) is 2.10. The molecule has 2 nitrogen and oxygen atoms in total. The molecule has 0 heterocycles. The van der Waals surface area contributed by atoms with Crippen molar-refractivity contribution in [3.63, 3.8) is 0 Å². The zero-order chi connectivity index (χ0) is 23.4. The van der Waals surface area contributed by atoms with E-state index in [4.69, 9.17) is 23.2 Å². The molecule has 0 spiro atoms. The monoisotopic (exact) mass is 383 g/mol. The molecule has 138 valence electrons. The maximum Gasteiger partial charge on any atom is 0.119 e. The summed E-state index contributed by atoms with van der Waals surface area (Å²) in [4.78, 5) is 0. The van der Waals surface area contributed by atoms with E-state index in [1.165, 1.54) is 12.1 Å². The molecular weight excluding hydrogens is 356 g/mol. The van der Waals surface area contributed by atoms with Crippen LogP contribution in [0.4, 0.5) is 0 Å². The number of hydrogen-bond acceptors (Lipinski definition) is 2. The quantitative estimate of drug-likeness (QED) is 0.379. The smallest absolute Gasteiger partial charge is 0.119 e. The Kier molecular flexibility index (Phi) is 4.63. The molecule has 3 aromatic carbocycles. The lowest BCUT2D eigenvalue weighted by Crippen LogP contribution is -1.99. The molecule has 0 aliphatic rings. The fourth-order valence-electron chi connectivity index (χ4n) is 2.84. The number of benzene rings is 3. The Labute approximate surface area is 172 Å². The molecule has 3 aromatic rings. The lowest BCUT2D eigenvalue weighted by atomic mass is 9.88. The van der Waals surface area contributed by atoms with Crippen molar-refractivity contribution in [3.8, 4) is 11.5 Å². The van der Waals surface area contributed by atoms with Crippen LogP contribution in [0.25, 0.3) is 11.1 Å². The summed E-state index contributed by atoms with van der Waals surface area (Å²) >= 11 is 5.68. The minimum Gasteiger partial charge on any atom is -0.508 e. The van der Waals surface area contributed by atoms with Crippen molar-refractivity contribution in [1.29, 1.82) is 0 Å². The molecular formula is C24H23ClO2. The predicted molar refractivity (Wildman–Crippen MR) is 113 cm³/mol. The summed E-state index contributed by atoms with van der Waals surface area (Å²) in [6.07, 6.45) is -2.66. The highest BCUT2D eigenvalue weighted by molar-refractivity contribution is 6.18. The van der Waals surface area contributed by atoms with Gasteiger partial charge in [0.25, 0.3) is 0 Å². The van der Waals surface area contributed by atoms with Crippen LogP contribution in [0.15, 0.2) is 78.9 Å². The van der Waals surface area contributed by atoms with Crippen molar-refractivity contribution in [2.45, 2.75) is 13.2 Å². The Balaban J connectivity index is 2.34. The van der Waals surface area contributed by atoms with E-state index in [-0.39, 0.29) is 11.3 Å². The Morgan fingerprint density at radius 2 is 1.56 bits per heavy atom. The molecule has 0 saturated carbocycles. The van der Waals surface area contributed by atoms with Gasteiger partial charge in [0.1, 0.15) is 18.1 Å². The molecule has 3 heteroatoms. The molecule has 1 N–H and O–H groups in total. The summed E-state index contributed by atoms with van der Waals surface area (Å²) in [5.74, 6) is 0.995. The SMILES string of the molecule is [2H]C([2H])([2H])C([2H])([2H])C(=C(c1ccc(O)cc1)c1ccc(OCCCl)cc1)c1ccccc1. The topological polar surface area (TPSA) is 29.5 Å². The third-order valence-corrected chi connectivity index (χ3v) is 4.24. The highest BCUT2D eigenvalue weighted by atomic mass is 35.5. The van der Waals surface area contributed by atoms with Crippen LogP contribution in [0.1, 0.15) is 36.8 Å². The highest BCUT2D eigenvalue weighted by Gasteiger charge is 2.13. The lowest BCUT2D eigenvalue weighted by molar-refractivity contribution is 0.343. The standard InChI is InChI=1S/C24H23ClO2/c1-2-23(18-6-4-3-5-7-18)24(19-8-12-21(26)13-9-19)20-10-14-22(15-11-20)27-17-16-25/h3-15,26H,2,16-17H2,1H3/i1D3,2D2. The minimum absolute atomic E-state index is 0.0400. The molecule has 27 heavy (non-hydrogen) atoms. The molecule has 0 aliphatic heterocycles. The molecule has 0 aliphatic carbocycles. The van der Waals surface area contributed by atoms with Gasteiger partial charge in [-0.1, -0.05) is 61.4 Å². The fourth-order valence-corrected chi connectivity index (χ4v) is 2.92. The molecule has 0 bridgehead atoms. The molecule has 0 unspecified atom stereocenters. The van der Waals surface area contributed by atoms with Crippen LogP contribution in [0.2, 0.25) is 0 Å². The van der Waals surface area contributed by atoms with Crippen LogP contribution >= 0.6 is 11.6 Å². The van der Waals surface area contributed by atoms with Gasteiger partial charge in [0.05, 0.1) is 5.88 Å². The number of aromatic hydroxyl groups is 1. The first-order valence-corrected chi connectivity index (χ1v) is 9.07. The third-order valence-electron chi connectivity index (χ3n) is 4.08. The number of halogens is 1. The van der Waals surface area contributed by atoms with Crippen LogP contribution in [-0.2, 0) is 0 Å². The predicted octanol–water partition coefficient (Wildman–Crippen LogP) is 6.38. The number of alkyl halides is 1. The van der Waals surface area contributed by atoms with E-state index >= 15 is 0 Å². The first kappa shape index (κ1) is 13.5. The number of phenolic OH excluding ortho intramolecular Hbond substituents is 1. The molecule has 0 atom stereocenters. The van der Waals surface area contributed by atoms with E-state index in [0.29, 0.717) is 40.5 Å². The Morgan fingerprint density at radius 1 is 0.926 bits per heavy atom. The van der Waals surface area contributed by atoms with Gasteiger partial charge < -0.3 is 9.84 Å². The van der Waals surface area contributed by atoms with Gasteiger partial charge >= 0.3 is 0 Å². The molecule has 0 amide bonds. The average Bonchev–Trinajstić information content (AvgIpc) is 2.77. The van der Waals surface area contributed by atoms with Gasteiger partial charge in [0.2, 0.25) is 0 Å². The van der Waals surface area contributed by atoms with E-state index in [9.17, 15) is 5.11 Å². The first-order chi connectivity index (χ1) is 15.1. The second-order valence-corrected chi connectivity index (χ2v) is 6.23. The lowest BCUT2D eigenvalue weighted by Gasteiger charge is -2.17. The number of rotatable bonds is 7. The van der Waals surface area contributed by atoms with Crippen LogP contribution in [-0.4, -0.2) is 17.6 Å². The van der Waals surface area contributed by atoms with Crippen molar-refractivity contribution in [1.82, 2.24) is 0 Å². The fraction of sp³-hybridized carbons (Fsp3) is 0.167. The van der Waals surface area contributed by atoms with E-state index in [2.05, 4.69) is 0 Å². The second-order valence-electron chi connectivity index (χ2n) is 5.85. The molecule has 3 rings (SSSR count). The van der Waals surface area contributed by atoms with Gasteiger partial charge in [-0.15, -0.1) is 11.6 Å². The van der Waals surface area contributed by atoms with Gasteiger partial charge in [0, 0.05) is 6.85 Å². The van der Waals surface area contributed by atoms with E-state index in [1.54, 1.807) is 66.7 Å². The van der Waals surface area contributed by atoms with Crippen LogP contribution < -0.4 is 4.74 Å². The van der Waals surface area contributed by atoms with Crippen molar-refractivity contribution in [3.05, 3.63) is 95.6 Å². The van der Waals surface area contributed by atoms with Crippen molar-refractivity contribution >= 4 is 22.7 Å². The van der Waals surface area contributed by atoms with Crippen molar-refractivity contribution in [2.75, 3.05) is 12.5 Å². The summed E-state index contributed by atoms with van der Waals surface area (Å²) in [6, 6.07) is 21.9. The maximum absolute atomic E-state index is 9.77. The van der Waals surface area contributed by atoms with Gasteiger partial charge in [-0.3, -0.25) is 0 Å². The molecule has 0 saturated heterocycles. The molecule has 0 aromatic heterocycles. The molecule has 0 fully saturated rings. The number of ether oxygens (including phenoxy) is 1. The maximum atomic E-state index is 9.77. The van der Waals surface area contributed by atoms with Gasteiger partial charge in [-0.25, -0.2) is 0 Å². The average molecular weight is 384 g/mol. The number of phenols is 1. The summed E-state index contributed by atoms with van der Waals surface area (Å²) in [7, 11) is 0. The Morgan fingerprint density at radius 3 is 2.15 bits per heavy atom. The normalized spacial score (nSPS) is 15.5. The summed E-state index contributed by atoms with van der Waals surface area (Å²) in [6.45, 7) is -2.57. The summed E-state index contributed by atoms with van der Waals surface area (Å²) in [5, 5.41) is 9.77. The Bertz CT molecular complexity index is 1060. The highest BCUT2D eigenvalue weighted by Crippen LogP contribution is 2.35. The van der Waals surface area contributed by atoms with Crippen molar-refractivity contribution < 1.29 is 16.7 Å². The largest absolute Gasteiger partial charge is 0.508 e. The van der Waals surface area contributed by atoms with Gasteiger partial charge in [-0.05, 0) is 58.5 Å². The zero-order valence-electron chi connectivity index (χ0n) is 19.7. The minimum atomic E-state index is -2.91. The summed E-state index contributed by atoms with van der Waals surface area (Å²) < 4.78 is 46.6. The molecule has 0 radical (unpaired) electrons. The first-order valence-electron chi connectivity index (χ1n) is 11.0. The van der Waals surface area contributed by atoms with Crippen LogP contribution in [0.5, 0.6) is 11.5 Å². The van der Waals surface area contributed by atoms with E-state index in [0.717, 1.165) is 0 Å². The van der Waals surface area contributed by atoms with E-state index in [1.807, 2.05) is 0 Å². The number of hydrogen-bond donors (Lipinski definition) is 1. The van der Waals surface area contributed by atoms with Gasteiger partial charge in [-0.2, -0.15) is 0 Å². The van der Waals surface area contributed by atoms with Crippen LogP contribution in [0.3, 0.4) is 0 Å². The van der Waals surface area contributed by atoms with E-state index < -0.39 is 13.2 Å². The zero-order valence-corrected chi connectivity index (χ0v) is 15.4. The number of allylic oxidation sites excluding steroid dienone is 1. The van der Waals surface area contributed by atoms with Crippen LogP contribution in [0, 0.1) is 0 Å². The Hall–Kier alpha value is -2.71. The second kappa shape index (κ2) is 9.29. The van der Waals surface area contributed by atoms with Gasteiger partial charge in [0.15, 0.2) is 0 Å². The van der Waals surface area contributed by atoms with Crippen molar-refractivity contribution in [2.24, 2.45) is 0 Å².